The number of sulfone groups is 1. The highest BCUT2D eigenvalue weighted by atomic mass is 35.5. The maximum absolute atomic E-state index is 12.7. The van der Waals surface area contributed by atoms with Crippen LogP contribution < -0.4 is 9.47 Å². The fourth-order valence-corrected chi connectivity index (χ4v) is 3.43. The van der Waals surface area contributed by atoms with Crippen LogP contribution in [0.15, 0.2) is 52.3 Å². The minimum atomic E-state index is -3.97. The number of hydrogen-bond acceptors (Lipinski definition) is 5. The van der Waals surface area contributed by atoms with E-state index in [4.69, 9.17) is 21.1 Å². The lowest BCUT2D eigenvalue weighted by Gasteiger charge is -2.12. The molecule has 0 atom stereocenters. The van der Waals surface area contributed by atoms with E-state index in [1.54, 1.807) is 31.2 Å². The minimum Gasteiger partial charge on any atom is -0.493 e. The molecule has 0 aromatic heterocycles. The van der Waals surface area contributed by atoms with E-state index in [9.17, 15) is 13.7 Å². The van der Waals surface area contributed by atoms with Crippen molar-refractivity contribution in [2.75, 3.05) is 13.7 Å². The van der Waals surface area contributed by atoms with Crippen molar-refractivity contribution in [3.05, 3.63) is 58.0 Å². The third kappa shape index (κ3) is 4.13. The van der Waals surface area contributed by atoms with E-state index in [-0.39, 0.29) is 4.90 Å². The number of rotatable bonds is 6. The average molecular weight is 378 g/mol. The fraction of sp³-hybridized carbons (Fsp3) is 0.167. The zero-order valence-electron chi connectivity index (χ0n) is 13.7. The first-order valence-electron chi connectivity index (χ1n) is 7.36. The van der Waals surface area contributed by atoms with Gasteiger partial charge in [0.05, 0.1) is 18.6 Å². The second-order valence-corrected chi connectivity index (χ2v) is 7.24. The van der Waals surface area contributed by atoms with E-state index in [2.05, 4.69) is 0 Å². The van der Waals surface area contributed by atoms with Gasteiger partial charge in [0.15, 0.2) is 11.5 Å². The molecule has 2 aromatic rings. The summed E-state index contributed by atoms with van der Waals surface area (Å²) in [4.78, 5) is -0.408. The van der Waals surface area contributed by atoms with Crippen LogP contribution in [0.3, 0.4) is 0 Å². The van der Waals surface area contributed by atoms with Crippen molar-refractivity contribution in [3.8, 4) is 17.6 Å². The molecule has 0 N–H and O–H groups in total. The van der Waals surface area contributed by atoms with Gasteiger partial charge in [0.1, 0.15) is 11.0 Å². The Balaban J connectivity index is 2.58. The molecule has 0 unspecified atom stereocenters. The van der Waals surface area contributed by atoms with Crippen LogP contribution in [0.4, 0.5) is 0 Å². The molecule has 0 aliphatic carbocycles. The van der Waals surface area contributed by atoms with Gasteiger partial charge < -0.3 is 9.47 Å². The molecule has 25 heavy (non-hydrogen) atoms. The number of benzene rings is 2. The molecular weight excluding hydrogens is 362 g/mol. The Morgan fingerprint density at radius 3 is 2.48 bits per heavy atom. The number of allylic oxidation sites excluding steroid dienone is 1. The van der Waals surface area contributed by atoms with Gasteiger partial charge in [0.2, 0.25) is 9.84 Å². The monoisotopic (exact) mass is 377 g/mol. The number of nitriles is 1. The van der Waals surface area contributed by atoms with Crippen molar-refractivity contribution in [2.24, 2.45) is 0 Å². The molecule has 0 radical (unpaired) electrons. The molecule has 0 spiro atoms. The molecule has 7 heteroatoms. The lowest BCUT2D eigenvalue weighted by molar-refractivity contribution is 0.310. The van der Waals surface area contributed by atoms with Crippen LogP contribution in [0.25, 0.3) is 6.08 Å². The summed E-state index contributed by atoms with van der Waals surface area (Å²) in [5.74, 6) is 0.836. The van der Waals surface area contributed by atoms with Gasteiger partial charge in [0, 0.05) is 10.6 Å². The summed E-state index contributed by atoms with van der Waals surface area (Å²) in [6.45, 7) is 2.17. The number of methoxy groups -OCH3 is 1. The molecule has 0 aliphatic rings. The number of hydrogen-bond donors (Lipinski definition) is 0. The molecule has 0 fully saturated rings. The second-order valence-electron chi connectivity index (χ2n) is 4.89. The standard InChI is InChI=1S/C18H16ClNO4S/c1-3-24-18-13(5-4-6-17(18)23-2)11-16(12-20)25(21,22)15-9-7-14(19)8-10-15/h4-11H,3H2,1-2H3. The molecule has 0 aliphatic heterocycles. The molecule has 5 nitrogen and oxygen atoms in total. The van der Waals surface area contributed by atoms with Crippen molar-refractivity contribution in [1.29, 1.82) is 5.26 Å². The smallest absolute Gasteiger partial charge is 0.216 e. The zero-order chi connectivity index (χ0) is 18.4. The van der Waals surface area contributed by atoms with E-state index < -0.39 is 14.7 Å². The van der Waals surface area contributed by atoms with E-state index >= 15 is 0 Å². The maximum Gasteiger partial charge on any atom is 0.216 e. The third-order valence-electron chi connectivity index (χ3n) is 3.33. The largest absolute Gasteiger partial charge is 0.493 e. The van der Waals surface area contributed by atoms with Crippen LogP contribution >= 0.6 is 11.6 Å². The third-order valence-corrected chi connectivity index (χ3v) is 5.26. The van der Waals surface area contributed by atoms with Crippen LogP contribution in [-0.2, 0) is 9.84 Å². The van der Waals surface area contributed by atoms with E-state index in [0.29, 0.717) is 28.7 Å². The number of nitrogens with zero attached hydrogens (tertiary/aromatic N) is 1. The van der Waals surface area contributed by atoms with Gasteiger partial charge in [-0.15, -0.1) is 0 Å². The summed E-state index contributed by atoms with van der Waals surface area (Å²) >= 11 is 5.79. The Bertz CT molecular complexity index is 929. The molecule has 0 saturated heterocycles. The normalized spacial score (nSPS) is 11.7. The first-order valence-corrected chi connectivity index (χ1v) is 9.22. The Morgan fingerprint density at radius 2 is 1.92 bits per heavy atom. The molecular formula is C18H16ClNO4S. The van der Waals surface area contributed by atoms with Gasteiger partial charge in [-0.25, -0.2) is 8.42 Å². The summed E-state index contributed by atoms with van der Waals surface area (Å²) in [6, 6.07) is 12.4. The molecule has 0 heterocycles. The summed E-state index contributed by atoms with van der Waals surface area (Å²) in [7, 11) is -2.49. The average Bonchev–Trinajstić information content (AvgIpc) is 2.61. The zero-order valence-corrected chi connectivity index (χ0v) is 15.3. The van der Waals surface area contributed by atoms with Crippen molar-refractivity contribution < 1.29 is 17.9 Å². The van der Waals surface area contributed by atoms with Gasteiger partial charge in [-0.3, -0.25) is 0 Å². The van der Waals surface area contributed by atoms with Gasteiger partial charge in [-0.1, -0.05) is 23.7 Å². The first-order chi connectivity index (χ1) is 11.9. The molecule has 0 amide bonds. The lowest BCUT2D eigenvalue weighted by Crippen LogP contribution is -2.04. The lowest BCUT2D eigenvalue weighted by atomic mass is 10.1. The maximum atomic E-state index is 12.7. The van der Waals surface area contributed by atoms with Gasteiger partial charge in [-0.2, -0.15) is 5.26 Å². The highest BCUT2D eigenvalue weighted by molar-refractivity contribution is 7.95. The predicted molar refractivity (Wildman–Crippen MR) is 96.4 cm³/mol. The summed E-state index contributed by atoms with van der Waals surface area (Å²) in [6.07, 6.45) is 1.28. The van der Waals surface area contributed by atoms with Crippen molar-refractivity contribution >= 4 is 27.5 Å². The van der Waals surface area contributed by atoms with Crippen LogP contribution in [0, 0.1) is 11.3 Å². The van der Waals surface area contributed by atoms with Gasteiger partial charge in [0.25, 0.3) is 0 Å². The van der Waals surface area contributed by atoms with Crippen LogP contribution in [0.1, 0.15) is 12.5 Å². The van der Waals surface area contributed by atoms with Crippen molar-refractivity contribution in [2.45, 2.75) is 11.8 Å². The molecule has 130 valence electrons. The first kappa shape index (κ1) is 18.8. The molecule has 2 rings (SSSR count). The van der Waals surface area contributed by atoms with Crippen molar-refractivity contribution in [1.82, 2.24) is 0 Å². The van der Waals surface area contributed by atoms with Crippen LogP contribution in [0.2, 0.25) is 5.02 Å². The Morgan fingerprint density at radius 1 is 1.24 bits per heavy atom. The molecule has 0 saturated carbocycles. The molecule has 2 aromatic carbocycles. The molecule has 0 bridgehead atoms. The summed E-state index contributed by atoms with van der Waals surface area (Å²) in [5.41, 5.74) is 0.440. The minimum absolute atomic E-state index is 0.00874. The summed E-state index contributed by atoms with van der Waals surface area (Å²) < 4.78 is 36.2. The SMILES string of the molecule is CCOc1c(C=C(C#N)S(=O)(=O)c2ccc(Cl)cc2)cccc1OC. The number of halogens is 1. The van der Waals surface area contributed by atoms with E-state index in [1.807, 2.05) is 0 Å². The Hall–Kier alpha value is -2.49. The van der Waals surface area contributed by atoms with Crippen LogP contribution in [0.5, 0.6) is 11.5 Å². The van der Waals surface area contributed by atoms with Crippen LogP contribution in [-0.4, -0.2) is 22.1 Å². The van der Waals surface area contributed by atoms with Gasteiger partial charge in [-0.05, 0) is 43.3 Å². The van der Waals surface area contributed by atoms with E-state index in [1.165, 1.54) is 37.5 Å². The predicted octanol–water partition coefficient (Wildman–Crippen LogP) is 4.09. The number of ether oxygens (including phenoxy) is 2. The van der Waals surface area contributed by atoms with E-state index in [0.717, 1.165) is 0 Å². The quantitative estimate of drug-likeness (QED) is 0.709. The topological polar surface area (TPSA) is 76.4 Å². The Labute approximate surface area is 152 Å². The number of para-hydroxylation sites is 1. The highest BCUT2D eigenvalue weighted by Gasteiger charge is 2.22. The second kappa shape index (κ2) is 8.06. The fourth-order valence-electron chi connectivity index (χ4n) is 2.16. The Kier molecular flexibility index (Phi) is 6.07. The highest BCUT2D eigenvalue weighted by Crippen LogP contribution is 2.34. The summed E-state index contributed by atoms with van der Waals surface area (Å²) in [5, 5.41) is 9.80. The van der Waals surface area contributed by atoms with Gasteiger partial charge >= 0.3 is 0 Å². The van der Waals surface area contributed by atoms with Crippen molar-refractivity contribution in [3.63, 3.8) is 0 Å².